The normalized spacial score (nSPS) is 27.0. The molecule has 0 aromatic heterocycles. The van der Waals surface area contributed by atoms with Crippen molar-refractivity contribution in [1.82, 2.24) is 9.80 Å². The SMILES string of the molecule is CC.CC.CC(=O)N1C2CCC1COC2.CC(=O)N1CCOC2(COC2)C1. The van der Waals surface area contributed by atoms with Gasteiger partial charge in [0.15, 0.2) is 0 Å². The molecule has 4 saturated heterocycles. The Labute approximate surface area is 164 Å². The summed E-state index contributed by atoms with van der Waals surface area (Å²) in [4.78, 5) is 26.0. The summed E-state index contributed by atoms with van der Waals surface area (Å²) in [5, 5.41) is 0. The summed E-state index contributed by atoms with van der Waals surface area (Å²) >= 11 is 0. The van der Waals surface area contributed by atoms with Crippen molar-refractivity contribution < 1.29 is 23.8 Å². The number of ether oxygens (including phenoxy) is 3. The van der Waals surface area contributed by atoms with Crippen LogP contribution in [0.4, 0.5) is 0 Å². The molecule has 4 heterocycles. The molecular formula is C20H38N2O5. The lowest BCUT2D eigenvalue weighted by atomic mass is 10.00. The van der Waals surface area contributed by atoms with Crippen molar-refractivity contribution in [3.8, 4) is 0 Å². The second-order valence-electron chi connectivity index (χ2n) is 6.81. The van der Waals surface area contributed by atoms with E-state index in [0.717, 1.165) is 32.6 Å². The monoisotopic (exact) mass is 386 g/mol. The van der Waals surface area contributed by atoms with Gasteiger partial charge in [0, 0.05) is 20.4 Å². The van der Waals surface area contributed by atoms with E-state index in [9.17, 15) is 9.59 Å². The number of carbonyl (C=O) groups is 2. The summed E-state index contributed by atoms with van der Waals surface area (Å²) in [6.07, 6.45) is 2.26. The van der Waals surface area contributed by atoms with Crippen LogP contribution in [0.15, 0.2) is 0 Å². The molecule has 2 amide bonds. The maximum atomic E-state index is 11.1. The summed E-state index contributed by atoms with van der Waals surface area (Å²) in [5.74, 6) is 0.338. The van der Waals surface area contributed by atoms with E-state index in [1.165, 1.54) is 0 Å². The van der Waals surface area contributed by atoms with Crippen LogP contribution in [-0.2, 0) is 23.8 Å². The molecule has 4 fully saturated rings. The number of carbonyl (C=O) groups excluding carboxylic acids is 2. The first-order valence-corrected chi connectivity index (χ1v) is 10.3. The van der Waals surface area contributed by atoms with Crippen LogP contribution in [0.1, 0.15) is 54.4 Å². The van der Waals surface area contributed by atoms with Crippen LogP contribution in [0, 0.1) is 0 Å². The number of hydrogen-bond acceptors (Lipinski definition) is 5. The summed E-state index contributed by atoms with van der Waals surface area (Å²) in [7, 11) is 0. The fourth-order valence-electron chi connectivity index (χ4n) is 3.76. The number of hydrogen-bond donors (Lipinski definition) is 0. The van der Waals surface area contributed by atoms with Crippen LogP contribution in [0.2, 0.25) is 0 Å². The second kappa shape index (κ2) is 11.6. The molecule has 158 valence electrons. The van der Waals surface area contributed by atoms with Gasteiger partial charge in [0.25, 0.3) is 0 Å². The smallest absolute Gasteiger partial charge is 0.220 e. The Bertz CT molecular complexity index is 451. The molecule has 4 aliphatic heterocycles. The highest BCUT2D eigenvalue weighted by atomic mass is 16.6. The molecule has 0 aliphatic carbocycles. The molecule has 0 N–H and O–H groups in total. The molecule has 27 heavy (non-hydrogen) atoms. The molecule has 0 saturated carbocycles. The van der Waals surface area contributed by atoms with Gasteiger partial charge < -0.3 is 24.0 Å². The zero-order valence-corrected chi connectivity index (χ0v) is 18.0. The van der Waals surface area contributed by atoms with Crippen LogP contribution in [0.3, 0.4) is 0 Å². The first kappa shape index (κ1) is 23.9. The topological polar surface area (TPSA) is 68.3 Å². The number of nitrogens with zero attached hydrogens (tertiary/aromatic N) is 2. The highest BCUT2D eigenvalue weighted by molar-refractivity contribution is 5.74. The average Bonchev–Trinajstić information content (AvgIpc) is 2.94. The third-order valence-corrected chi connectivity index (χ3v) is 5.03. The van der Waals surface area contributed by atoms with Crippen molar-refractivity contribution in [3.05, 3.63) is 0 Å². The van der Waals surface area contributed by atoms with Crippen LogP contribution in [0.25, 0.3) is 0 Å². The molecule has 2 atom stereocenters. The molecule has 2 bridgehead atoms. The predicted molar refractivity (Wildman–Crippen MR) is 105 cm³/mol. The van der Waals surface area contributed by atoms with Gasteiger partial charge in [0.05, 0.1) is 51.7 Å². The fourth-order valence-corrected chi connectivity index (χ4v) is 3.76. The van der Waals surface area contributed by atoms with Crippen LogP contribution >= 0.6 is 0 Å². The molecule has 0 aromatic rings. The predicted octanol–water partition coefficient (Wildman–Crippen LogP) is 2.08. The molecule has 7 nitrogen and oxygen atoms in total. The Kier molecular flexibility index (Phi) is 10.3. The lowest BCUT2D eigenvalue weighted by Gasteiger charge is -2.47. The van der Waals surface area contributed by atoms with Crippen molar-refractivity contribution >= 4 is 11.8 Å². The van der Waals surface area contributed by atoms with E-state index in [1.54, 1.807) is 13.8 Å². The maximum absolute atomic E-state index is 11.1. The highest BCUT2D eigenvalue weighted by Gasteiger charge is 2.44. The molecule has 0 aromatic carbocycles. The third-order valence-electron chi connectivity index (χ3n) is 5.03. The van der Waals surface area contributed by atoms with E-state index in [4.69, 9.17) is 14.2 Å². The minimum Gasteiger partial charge on any atom is -0.377 e. The van der Waals surface area contributed by atoms with Crippen molar-refractivity contribution in [3.63, 3.8) is 0 Å². The molecule has 4 rings (SSSR count). The third kappa shape index (κ3) is 6.16. The van der Waals surface area contributed by atoms with Gasteiger partial charge in [-0.05, 0) is 12.8 Å². The van der Waals surface area contributed by atoms with Crippen molar-refractivity contribution in [2.45, 2.75) is 72.1 Å². The van der Waals surface area contributed by atoms with Gasteiger partial charge in [-0.1, -0.05) is 27.7 Å². The maximum Gasteiger partial charge on any atom is 0.220 e. The Hall–Kier alpha value is -1.18. The largest absolute Gasteiger partial charge is 0.377 e. The summed E-state index contributed by atoms with van der Waals surface area (Å²) < 4.78 is 16.0. The molecule has 1 spiro atoms. The van der Waals surface area contributed by atoms with Gasteiger partial charge in [-0.2, -0.15) is 0 Å². The minimum absolute atomic E-state index is 0.129. The van der Waals surface area contributed by atoms with E-state index in [0.29, 0.717) is 38.4 Å². The molecular weight excluding hydrogens is 348 g/mol. The summed E-state index contributed by atoms with van der Waals surface area (Å²) in [6.45, 7) is 16.1. The van der Waals surface area contributed by atoms with Crippen LogP contribution in [-0.4, -0.2) is 85.4 Å². The highest BCUT2D eigenvalue weighted by Crippen LogP contribution is 2.28. The van der Waals surface area contributed by atoms with Crippen LogP contribution < -0.4 is 0 Å². The van der Waals surface area contributed by atoms with Crippen molar-refractivity contribution in [2.75, 3.05) is 46.1 Å². The van der Waals surface area contributed by atoms with Gasteiger partial charge in [-0.15, -0.1) is 0 Å². The van der Waals surface area contributed by atoms with Crippen LogP contribution in [0.5, 0.6) is 0 Å². The van der Waals surface area contributed by atoms with Gasteiger partial charge in [0.2, 0.25) is 11.8 Å². The molecule has 2 unspecified atom stereocenters. The first-order chi connectivity index (χ1) is 13.0. The Balaban J connectivity index is 0.000000229. The first-order valence-electron chi connectivity index (χ1n) is 10.3. The van der Waals surface area contributed by atoms with E-state index >= 15 is 0 Å². The quantitative estimate of drug-likeness (QED) is 0.638. The zero-order chi connectivity index (χ0) is 20.4. The van der Waals surface area contributed by atoms with Gasteiger partial charge in [-0.3, -0.25) is 9.59 Å². The molecule has 0 radical (unpaired) electrons. The van der Waals surface area contributed by atoms with E-state index < -0.39 is 0 Å². The van der Waals surface area contributed by atoms with Crippen molar-refractivity contribution in [1.29, 1.82) is 0 Å². The lowest BCUT2D eigenvalue weighted by molar-refractivity contribution is -0.236. The van der Waals surface area contributed by atoms with Gasteiger partial charge >= 0.3 is 0 Å². The van der Waals surface area contributed by atoms with E-state index in [1.807, 2.05) is 37.5 Å². The number of fused-ring (bicyclic) bond motifs is 2. The summed E-state index contributed by atoms with van der Waals surface area (Å²) in [6, 6.07) is 0.762. The van der Waals surface area contributed by atoms with Gasteiger partial charge in [0.1, 0.15) is 5.60 Å². The van der Waals surface area contributed by atoms with E-state index in [2.05, 4.69) is 0 Å². The number of rotatable bonds is 0. The molecule has 4 aliphatic rings. The van der Waals surface area contributed by atoms with Crippen molar-refractivity contribution in [2.24, 2.45) is 0 Å². The Morgan fingerprint density at radius 3 is 1.81 bits per heavy atom. The standard InChI is InChI=1S/C8H13NO3.C8H13NO2.2C2H6/c1-7(10)9-2-3-12-8(4-9)5-11-6-8;1-6(10)9-7-2-3-8(9)5-11-4-7;2*1-2/h2-6H2,1H3;7-8H,2-5H2,1H3;2*1-2H3. The Morgan fingerprint density at radius 2 is 1.44 bits per heavy atom. The fraction of sp³-hybridized carbons (Fsp3) is 0.900. The number of morpholine rings is 2. The number of amides is 2. The minimum atomic E-state index is -0.163. The average molecular weight is 387 g/mol. The second-order valence-corrected chi connectivity index (χ2v) is 6.81. The zero-order valence-electron chi connectivity index (χ0n) is 18.0. The lowest BCUT2D eigenvalue weighted by Crippen LogP contribution is -2.63. The Morgan fingerprint density at radius 1 is 0.889 bits per heavy atom. The van der Waals surface area contributed by atoms with E-state index in [-0.39, 0.29) is 17.4 Å². The molecule has 7 heteroatoms. The van der Waals surface area contributed by atoms with Gasteiger partial charge in [-0.25, -0.2) is 0 Å². The summed E-state index contributed by atoms with van der Waals surface area (Å²) in [5.41, 5.74) is -0.163.